The van der Waals surface area contributed by atoms with Crippen molar-refractivity contribution in [2.24, 2.45) is 0 Å². The number of benzene rings is 3. The van der Waals surface area contributed by atoms with Crippen molar-refractivity contribution >= 4 is 29.6 Å². The molecule has 35 heavy (non-hydrogen) atoms. The number of nitrogens with zero attached hydrogens (tertiary/aromatic N) is 1. The first-order valence-corrected chi connectivity index (χ1v) is 11.3. The van der Waals surface area contributed by atoms with Crippen molar-refractivity contribution < 1.29 is 19.1 Å². The van der Waals surface area contributed by atoms with Crippen LogP contribution in [-0.4, -0.2) is 17.8 Å². The van der Waals surface area contributed by atoms with E-state index in [1.165, 1.54) is 6.08 Å². The monoisotopic (exact) mass is 466 g/mol. The maximum Gasteiger partial charge on any atom is 0.335 e. The lowest BCUT2D eigenvalue weighted by atomic mass is 10.0. The number of amides is 4. The molecule has 4 amide bonds. The lowest BCUT2D eigenvalue weighted by Gasteiger charge is -2.27. The van der Waals surface area contributed by atoms with Crippen molar-refractivity contribution in [3.8, 4) is 5.75 Å². The van der Waals surface area contributed by atoms with Crippen molar-refractivity contribution in [1.29, 1.82) is 0 Å². The van der Waals surface area contributed by atoms with Gasteiger partial charge in [0.2, 0.25) is 0 Å². The van der Waals surface area contributed by atoms with Gasteiger partial charge in [0.25, 0.3) is 11.8 Å². The van der Waals surface area contributed by atoms with Gasteiger partial charge in [0.05, 0.1) is 5.69 Å². The second-order valence-corrected chi connectivity index (χ2v) is 8.36. The van der Waals surface area contributed by atoms with Gasteiger partial charge in [-0.2, -0.15) is 0 Å². The van der Waals surface area contributed by atoms with Crippen molar-refractivity contribution in [3.63, 3.8) is 0 Å². The molecule has 6 heteroatoms. The third kappa shape index (κ3) is 5.22. The molecule has 6 nitrogen and oxygen atoms in total. The molecule has 0 aliphatic carbocycles. The van der Waals surface area contributed by atoms with Gasteiger partial charge in [0, 0.05) is 0 Å². The van der Waals surface area contributed by atoms with E-state index in [0.29, 0.717) is 30.0 Å². The summed E-state index contributed by atoms with van der Waals surface area (Å²) in [6, 6.07) is 19.8. The van der Waals surface area contributed by atoms with Crippen LogP contribution in [0.3, 0.4) is 0 Å². The van der Waals surface area contributed by atoms with Gasteiger partial charge in [-0.15, -0.1) is 6.58 Å². The highest BCUT2D eigenvalue weighted by molar-refractivity contribution is 6.39. The minimum atomic E-state index is -0.766. The van der Waals surface area contributed by atoms with E-state index in [2.05, 4.69) is 11.9 Å². The first-order valence-electron chi connectivity index (χ1n) is 11.3. The fraction of sp³-hybridized carbons (Fsp3) is 0.138. The summed E-state index contributed by atoms with van der Waals surface area (Å²) in [4.78, 5) is 39.3. The van der Waals surface area contributed by atoms with Gasteiger partial charge in [0.15, 0.2) is 0 Å². The lowest BCUT2D eigenvalue weighted by molar-refractivity contribution is -0.122. The molecular formula is C29H26N2O4. The van der Waals surface area contributed by atoms with Crippen LogP contribution in [0.1, 0.15) is 27.8 Å². The first-order chi connectivity index (χ1) is 16.9. The number of urea groups is 1. The quantitative estimate of drug-likeness (QED) is 0.292. The molecule has 1 fully saturated rings. The van der Waals surface area contributed by atoms with E-state index in [-0.39, 0.29) is 5.57 Å². The molecule has 1 N–H and O–H groups in total. The SMILES string of the molecule is C=CCc1cc(/C=C2\C(=O)NC(=O)N(c3ccc(C)c(C)c3)C2=O)ccc1OCc1ccccc1. The van der Waals surface area contributed by atoms with Crippen molar-refractivity contribution in [3.05, 3.63) is 113 Å². The molecule has 0 aromatic heterocycles. The van der Waals surface area contributed by atoms with Crippen LogP contribution in [0.25, 0.3) is 6.08 Å². The number of carbonyl (C=O) groups excluding carboxylic acids is 3. The summed E-state index contributed by atoms with van der Waals surface area (Å²) in [6.45, 7) is 8.08. The molecule has 3 aromatic carbocycles. The fourth-order valence-corrected chi connectivity index (χ4v) is 3.80. The minimum absolute atomic E-state index is 0.120. The number of aryl methyl sites for hydroxylation is 2. The van der Waals surface area contributed by atoms with Crippen LogP contribution in [0.2, 0.25) is 0 Å². The molecule has 1 aliphatic heterocycles. The molecule has 0 saturated carbocycles. The summed E-state index contributed by atoms with van der Waals surface area (Å²) in [7, 11) is 0. The van der Waals surface area contributed by atoms with Gasteiger partial charge in [-0.1, -0.05) is 48.5 Å². The summed E-state index contributed by atoms with van der Waals surface area (Å²) in [6.07, 6.45) is 3.81. The van der Waals surface area contributed by atoms with Crippen LogP contribution in [0.5, 0.6) is 5.75 Å². The molecule has 1 aliphatic rings. The summed E-state index contributed by atoms with van der Waals surface area (Å²) in [5.74, 6) is -0.700. The number of anilines is 1. The van der Waals surface area contributed by atoms with Gasteiger partial charge >= 0.3 is 6.03 Å². The number of barbiturate groups is 1. The molecule has 4 rings (SSSR count). The number of imide groups is 2. The first kappa shape index (κ1) is 23.7. The number of ether oxygens (including phenoxy) is 1. The Labute approximate surface area is 204 Å². The van der Waals surface area contributed by atoms with E-state index >= 15 is 0 Å². The number of carbonyl (C=O) groups is 3. The Balaban J connectivity index is 1.63. The van der Waals surface area contributed by atoms with E-state index in [0.717, 1.165) is 27.2 Å². The van der Waals surface area contributed by atoms with Crippen molar-refractivity contribution in [2.45, 2.75) is 26.9 Å². The fourth-order valence-electron chi connectivity index (χ4n) is 3.80. The molecule has 0 atom stereocenters. The van der Waals surface area contributed by atoms with Crippen LogP contribution >= 0.6 is 0 Å². The Morgan fingerprint density at radius 1 is 0.943 bits per heavy atom. The standard InChI is InChI=1S/C29H26N2O4/c1-4-8-23-16-22(12-14-26(23)35-18-21-9-6-5-7-10-21)17-25-27(32)30-29(34)31(28(25)33)24-13-11-19(2)20(3)15-24/h4-7,9-17H,1,8,18H2,2-3H3,(H,30,32,34)/b25-17+. The zero-order valence-electron chi connectivity index (χ0n) is 19.7. The number of hydrogen-bond donors (Lipinski definition) is 1. The zero-order valence-corrected chi connectivity index (χ0v) is 19.7. The predicted molar refractivity (Wildman–Crippen MR) is 136 cm³/mol. The predicted octanol–water partition coefficient (Wildman–Crippen LogP) is 5.28. The largest absolute Gasteiger partial charge is 0.489 e. The molecule has 0 unspecified atom stereocenters. The van der Waals surface area contributed by atoms with Crippen LogP contribution in [-0.2, 0) is 22.6 Å². The average molecular weight is 467 g/mol. The molecule has 3 aromatic rings. The Bertz CT molecular complexity index is 1340. The Hall–Kier alpha value is -4.45. The number of rotatable bonds is 7. The molecule has 1 heterocycles. The number of nitrogens with one attached hydrogen (secondary N) is 1. The van der Waals surface area contributed by atoms with Gasteiger partial charge in [-0.05, 0) is 78.4 Å². The van der Waals surface area contributed by atoms with E-state index < -0.39 is 17.8 Å². The third-order valence-corrected chi connectivity index (χ3v) is 5.85. The smallest absolute Gasteiger partial charge is 0.335 e. The second kappa shape index (κ2) is 10.2. The van der Waals surface area contributed by atoms with Crippen LogP contribution < -0.4 is 15.0 Å². The second-order valence-electron chi connectivity index (χ2n) is 8.36. The normalized spacial score (nSPS) is 14.7. The molecule has 1 saturated heterocycles. The molecular weight excluding hydrogens is 440 g/mol. The molecule has 0 bridgehead atoms. The molecule has 0 spiro atoms. The summed E-state index contributed by atoms with van der Waals surface area (Å²) < 4.78 is 6.01. The van der Waals surface area contributed by atoms with Crippen LogP contribution in [0, 0.1) is 13.8 Å². The van der Waals surface area contributed by atoms with Crippen LogP contribution in [0.4, 0.5) is 10.5 Å². The lowest BCUT2D eigenvalue weighted by Crippen LogP contribution is -2.54. The summed E-state index contributed by atoms with van der Waals surface area (Å²) in [5, 5.41) is 2.27. The van der Waals surface area contributed by atoms with Gasteiger partial charge < -0.3 is 4.74 Å². The van der Waals surface area contributed by atoms with E-state index in [4.69, 9.17) is 4.74 Å². The third-order valence-electron chi connectivity index (χ3n) is 5.85. The van der Waals surface area contributed by atoms with Gasteiger partial charge in [0.1, 0.15) is 17.9 Å². The van der Waals surface area contributed by atoms with E-state index in [1.54, 1.807) is 24.3 Å². The number of allylic oxidation sites excluding steroid dienone is 1. The maximum absolute atomic E-state index is 13.2. The van der Waals surface area contributed by atoms with Crippen molar-refractivity contribution in [2.75, 3.05) is 4.90 Å². The maximum atomic E-state index is 13.2. The highest BCUT2D eigenvalue weighted by Gasteiger charge is 2.36. The minimum Gasteiger partial charge on any atom is -0.489 e. The summed E-state index contributed by atoms with van der Waals surface area (Å²) >= 11 is 0. The Morgan fingerprint density at radius 2 is 1.71 bits per heavy atom. The van der Waals surface area contributed by atoms with E-state index in [1.807, 2.05) is 62.4 Å². The highest BCUT2D eigenvalue weighted by atomic mass is 16.5. The summed E-state index contributed by atoms with van der Waals surface area (Å²) in [5.41, 5.74) is 4.82. The zero-order chi connectivity index (χ0) is 24.9. The van der Waals surface area contributed by atoms with Crippen LogP contribution in [0.15, 0.2) is 85.0 Å². The Kier molecular flexibility index (Phi) is 6.92. The van der Waals surface area contributed by atoms with Crippen molar-refractivity contribution in [1.82, 2.24) is 5.32 Å². The highest BCUT2D eigenvalue weighted by Crippen LogP contribution is 2.27. The molecule has 0 radical (unpaired) electrons. The van der Waals surface area contributed by atoms with Gasteiger partial charge in [-0.3, -0.25) is 14.9 Å². The van der Waals surface area contributed by atoms with Gasteiger partial charge in [-0.25, -0.2) is 9.69 Å². The molecule has 176 valence electrons. The topological polar surface area (TPSA) is 75.7 Å². The Morgan fingerprint density at radius 3 is 2.43 bits per heavy atom. The van der Waals surface area contributed by atoms with E-state index in [9.17, 15) is 14.4 Å². The average Bonchev–Trinajstić information content (AvgIpc) is 2.84. The number of hydrogen-bond acceptors (Lipinski definition) is 4.